The molecule has 1 saturated carbocycles. The van der Waals surface area contributed by atoms with Crippen molar-refractivity contribution in [1.29, 1.82) is 0 Å². The lowest BCUT2D eigenvalue weighted by molar-refractivity contribution is -0.145. The normalized spacial score (nSPS) is 17.6. The van der Waals surface area contributed by atoms with Crippen LogP contribution < -0.4 is 19.5 Å². The number of amides is 2. The van der Waals surface area contributed by atoms with Crippen LogP contribution >= 0.6 is 11.6 Å². The minimum Gasteiger partial charge on any atom is -0.495 e. The van der Waals surface area contributed by atoms with Gasteiger partial charge in [0.15, 0.2) is 6.04 Å². The third-order valence-corrected chi connectivity index (χ3v) is 10.0. The minimum atomic E-state index is -4.62. The van der Waals surface area contributed by atoms with Gasteiger partial charge >= 0.3 is 6.09 Å². The predicted molar refractivity (Wildman–Crippen MR) is 173 cm³/mol. The zero-order valence-corrected chi connectivity index (χ0v) is 28.8. The number of carbonyl (C=O) groups excluding carboxylic acids is 2. The van der Waals surface area contributed by atoms with E-state index in [0.717, 1.165) is 37.8 Å². The van der Waals surface area contributed by atoms with E-state index in [1.54, 1.807) is 20.8 Å². The summed E-state index contributed by atoms with van der Waals surface area (Å²) in [7, 11) is -3.36. The van der Waals surface area contributed by atoms with E-state index in [1.165, 1.54) is 48.8 Å². The molecule has 0 bridgehead atoms. The fraction of sp³-hybridized carbons (Fsp3) is 0.576. The van der Waals surface area contributed by atoms with Crippen molar-refractivity contribution in [3.8, 4) is 11.5 Å². The molecule has 1 saturated heterocycles. The highest BCUT2D eigenvalue weighted by Gasteiger charge is 2.50. The second kappa shape index (κ2) is 15.4. The molecule has 1 aliphatic heterocycles. The average molecular weight is 700 g/mol. The lowest BCUT2D eigenvalue weighted by atomic mass is 9.90. The molecule has 2 aromatic carbocycles. The third-order valence-electron chi connectivity index (χ3n) is 8.29. The van der Waals surface area contributed by atoms with Crippen LogP contribution in [0.15, 0.2) is 47.4 Å². The van der Waals surface area contributed by atoms with Gasteiger partial charge in [0.2, 0.25) is 15.9 Å². The summed E-state index contributed by atoms with van der Waals surface area (Å²) in [6, 6.07) is 5.80. The van der Waals surface area contributed by atoms with Gasteiger partial charge in [0.25, 0.3) is 5.92 Å². The Bertz CT molecular complexity index is 1490. The van der Waals surface area contributed by atoms with Crippen LogP contribution in [-0.4, -0.2) is 69.8 Å². The summed E-state index contributed by atoms with van der Waals surface area (Å²) in [6.07, 6.45) is 5.58. The van der Waals surface area contributed by atoms with E-state index in [2.05, 4.69) is 5.32 Å². The number of nitrogens with zero attached hydrogens (tertiary/aromatic N) is 1. The van der Waals surface area contributed by atoms with Crippen LogP contribution in [0.4, 0.5) is 13.6 Å². The largest absolute Gasteiger partial charge is 0.495 e. The third kappa shape index (κ3) is 9.93. The molecule has 1 heterocycles. The molecule has 260 valence electrons. The first-order chi connectivity index (χ1) is 22.1. The highest BCUT2D eigenvalue weighted by molar-refractivity contribution is 7.89. The Kier molecular flexibility index (Phi) is 12.0. The molecule has 1 atom stereocenters. The van der Waals surface area contributed by atoms with E-state index in [1.807, 2.05) is 4.72 Å². The van der Waals surface area contributed by atoms with Crippen molar-refractivity contribution in [3.05, 3.63) is 53.1 Å². The molecule has 0 radical (unpaired) electrons. The number of hydrogen-bond acceptors (Lipinski definition) is 7. The van der Waals surface area contributed by atoms with Crippen molar-refractivity contribution in [2.24, 2.45) is 5.92 Å². The smallest absolute Gasteiger partial charge is 0.407 e. The predicted octanol–water partition coefficient (Wildman–Crippen LogP) is 6.26. The second-order valence-electron chi connectivity index (χ2n) is 13.1. The quantitative estimate of drug-likeness (QED) is 0.284. The van der Waals surface area contributed by atoms with Gasteiger partial charge in [-0.25, -0.2) is 13.2 Å². The van der Waals surface area contributed by atoms with Crippen molar-refractivity contribution in [2.45, 2.75) is 94.2 Å². The first-order valence-electron chi connectivity index (χ1n) is 15.8. The van der Waals surface area contributed by atoms with Crippen LogP contribution in [0.2, 0.25) is 5.02 Å². The van der Waals surface area contributed by atoms with Crippen molar-refractivity contribution in [2.75, 3.05) is 26.8 Å². The Hall–Kier alpha value is -3.16. The van der Waals surface area contributed by atoms with E-state index >= 15 is 8.78 Å². The van der Waals surface area contributed by atoms with E-state index < -0.39 is 45.2 Å². The van der Waals surface area contributed by atoms with E-state index in [9.17, 15) is 18.0 Å². The van der Waals surface area contributed by atoms with Crippen molar-refractivity contribution < 1.29 is 41.0 Å². The van der Waals surface area contributed by atoms with Crippen molar-refractivity contribution in [3.63, 3.8) is 0 Å². The van der Waals surface area contributed by atoms with Gasteiger partial charge in [-0.05, 0) is 88.8 Å². The van der Waals surface area contributed by atoms with Gasteiger partial charge in [0.1, 0.15) is 17.1 Å². The summed E-state index contributed by atoms with van der Waals surface area (Å²) in [4.78, 5) is 26.9. The van der Waals surface area contributed by atoms with Gasteiger partial charge in [0, 0.05) is 24.7 Å². The monoisotopic (exact) mass is 699 g/mol. The number of nitrogens with one attached hydrogen (secondary N) is 2. The molecule has 1 unspecified atom stereocenters. The molecule has 2 aliphatic rings. The number of sulfonamides is 1. The molecule has 2 N–H and O–H groups in total. The number of carbonyl (C=O) groups is 2. The molecule has 2 aromatic rings. The molecule has 2 amide bonds. The van der Waals surface area contributed by atoms with Gasteiger partial charge in [-0.2, -0.15) is 13.5 Å². The molecular weight excluding hydrogens is 656 g/mol. The number of methoxy groups -OCH3 is 1. The van der Waals surface area contributed by atoms with E-state index in [-0.39, 0.29) is 47.6 Å². The van der Waals surface area contributed by atoms with Crippen LogP contribution in [0, 0.1) is 5.92 Å². The van der Waals surface area contributed by atoms with Crippen LogP contribution in [0.5, 0.6) is 11.5 Å². The van der Waals surface area contributed by atoms with Crippen LogP contribution in [0.1, 0.15) is 71.3 Å². The summed E-state index contributed by atoms with van der Waals surface area (Å²) in [5.41, 5.74) is -1.36. The topological polar surface area (TPSA) is 123 Å². The van der Waals surface area contributed by atoms with Crippen molar-refractivity contribution >= 4 is 33.6 Å². The maximum absolute atomic E-state index is 16.3. The van der Waals surface area contributed by atoms with Crippen LogP contribution in [0.3, 0.4) is 0 Å². The number of halogens is 3. The molecular formula is C33H44ClF2N3O7S. The minimum absolute atomic E-state index is 0.00454. The molecule has 47 heavy (non-hydrogen) atoms. The Balaban J connectivity index is 1.53. The lowest BCUT2D eigenvalue weighted by Gasteiger charge is -2.36. The number of likely N-dealkylation sites (tertiary alicyclic amines) is 1. The lowest BCUT2D eigenvalue weighted by Crippen LogP contribution is -2.58. The van der Waals surface area contributed by atoms with Gasteiger partial charge in [-0.1, -0.05) is 36.9 Å². The fourth-order valence-electron chi connectivity index (χ4n) is 5.72. The highest BCUT2D eigenvalue weighted by atomic mass is 35.5. The Morgan fingerprint density at radius 2 is 1.64 bits per heavy atom. The number of benzene rings is 2. The van der Waals surface area contributed by atoms with E-state index in [0.29, 0.717) is 18.3 Å². The molecule has 4 rings (SSSR count). The maximum Gasteiger partial charge on any atom is 0.407 e. The standard InChI is InChI=1S/C33H44ClF2N3O7S/c1-32(2,3)46-31(41)37-24-16-18-39(19-17-24)30(40)29(33(35,36)23-10-15-27(34)28(20-23)44-4)38-47(42,43)26-13-11-25(12-14-26)45-21-22-8-6-5-7-9-22/h10-15,20,22,24,29,38H,5-9,16-19,21H2,1-4H3,(H,37,41). The van der Waals surface area contributed by atoms with Crippen molar-refractivity contribution in [1.82, 2.24) is 14.9 Å². The molecule has 0 spiro atoms. The summed E-state index contributed by atoms with van der Waals surface area (Å²) >= 11 is 6.06. The number of alkyl halides is 2. The van der Waals surface area contributed by atoms with Gasteiger partial charge in [-0.15, -0.1) is 0 Å². The van der Waals surface area contributed by atoms with Gasteiger partial charge in [-0.3, -0.25) is 4.79 Å². The molecule has 0 aromatic heterocycles. The molecule has 10 nitrogen and oxygen atoms in total. The second-order valence-corrected chi connectivity index (χ2v) is 15.2. The number of alkyl carbamates (subject to hydrolysis) is 1. The summed E-state index contributed by atoms with van der Waals surface area (Å²) < 4.78 is 77.9. The Morgan fingerprint density at radius 1 is 1.00 bits per heavy atom. The summed E-state index contributed by atoms with van der Waals surface area (Å²) in [5, 5.41) is 2.80. The first kappa shape index (κ1) is 36.7. The average Bonchev–Trinajstić information content (AvgIpc) is 3.02. The van der Waals surface area contributed by atoms with Gasteiger partial charge in [0.05, 0.1) is 23.6 Å². The Morgan fingerprint density at radius 3 is 2.23 bits per heavy atom. The Labute approximate surface area is 280 Å². The summed E-state index contributed by atoms with van der Waals surface area (Å²) in [5.74, 6) is -4.29. The molecule has 14 heteroatoms. The molecule has 2 fully saturated rings. The zero-order valence-electron chi connectivity index (χ0n) is 27.2. The number of rotatable bonds is 11. The maximum atomic E-state index is 16.3. The summed E-state index contributed by atoms with van der Waals surface area (Å²) in [6.45, 7) is 5.71. The van der Waals surface area contributed by atoms with E-state index in [4.69, 9.17) is 25.8 Å². The number of ether oxygens (including phenoxy) is 3. The zero-order chi connectivity index (χ0) is 34.4. The number of piperidine rings is 1. The molecule has 1 aliphatic carbocycles. The first-order valence-corrected chi connectivity index (χ1v) is 17.7. The van der Waals surface area contributed by atoms with Crippen LogP contribution in [-0.2, 0) is 25.5 Å². The van der Waals surface area contributed by atoms with Crippen LogP contribution in [0.25, 0.3) is 0 Å². The highest BCUT2D eigenvalue weighted by Crippen LogP contribution is 2.38. The number of hydrogen-bond donors (Lipinski definition) is 2. The van der Waals surface area contributed by atoms with Gasteiger partial charge < -0.3 is 24.4 Å². The fourth-order valence-corrected chi connectivity index (χ4v) is 7.10. The SMILES string of the molecule is COc1cc(C(F)(F)C(NS(=O)(=O)c2ccc(OCC3CCCCC3)cc2)C(=O)N2CCC(NC(=O)OC(C)(C)C)CC2)ccc1Cl.